The lowest BCUT2D eigenvalue weighted by molar-refractivity contribution is 0.229. The Morgan fingerprint density at radius 2 is 2.21 bits per heavy atom. The normalized spacial score (nSPS) is 11.9. The molecule has 0 saturated carbocycles. The minimum absolute atomic E-state index is 0.103. The van der Waals surface area contributed by atoms with Crippen LogP contribution in [-0.4, -0.2) is 33.6 Å². The summed E-state index contributed by atoms with van der Waals surface area (Å²) in [6.45, 7) is 1.62. The van der Waals surface area contributed by atoms with E-state index in [1.807, 2.05) is 24.3 Å². The molecule has 0 aliphatic carbocycles. The Hall–Kier alpha value is -2.34. The molecule has 0 unspecified atom stereocenters. The topological polar surface area (TPSA) is 79.2 Å². The van der Waals surface area contributed by atoms with Crippen molar-refractivity contribution >= 4 is 11.7 Å². The Morgan fingerprint density at radius 3 is 2.89 bits per heavy atom. The first-order chi connectivity index (χ1) is 9.20. The Bertz CT molecular complexity index is 539. The Balaban J connectivity index is 2.15. The fourth-order valence-corrected chi connectivity index (χ4v) is 1.62. The van der Waals surface area contributed by atoms with E-state index in [4.69, 9.17) is 5.11 Å². The molecule has 0 radical (unpaired) electrons. The van der Waals surface area contributed by atoms with Crippen molar-refractivity contribution in [2.24, 2.45) is 0 Å². The van der Waals surface area contributed by atoms with Gasteiger partial charge in [-0.05, 0) is 25.1 Å². The summed E-state index contributed by atoms with van der Waals surface area (Å²) in [6.07, 6.45) is 3.47. The Labute approximate surface area is 111 Å². The van der Waals surface area contributed by atoms with Gasteiger partial charge in [0.2, 0.25) is 0 Å². The van der Waals surface area contributed by atoms with Crippen molar-refractivity contribution in [2.45, 2.75) is 13.0 Å². The number of anilines is 1. The molecule has 2 aromatic rings. The second-order valence-electron chi connectivity index (χ2n) is 4.15. The number of rotatable bonds is 4. The first-order valence-corrected chi connectivity index (χ1v) is 5.98. The maximum atomic E-state index is 11.7. The molecular formula is C13H16N4O2. The molecule has 1 aromatic heterocycles. The van der Waals surface area contributed by atoms with Gasteiger partial charge in [-0.25, -0.2) is 9.48 Å². The number of carbonyl (C=O) groups excluding carboxylic acids is 1. The van der Waals surface area contributed by atoms with Crippen LogP contribution in [0.15, 0.2) is 42.7 Å². The molecule has 1 heterocycles. The zero-order chi connectivity index (χ0) is 13.7. The highest BCUT2D eigenvalue weighted by Crippen LogP contribution is 2.18. The van der Waals surface area contributed by atoms with E-state index >= 15 is 0 Å². The highest BCUT2D eigenvalue weighted by atomic mass is 16.3. The number of hydrogen-bond donors (Lipinski definition) is 3. The molecule has 19 heavy (non-hydrogen) atoms. The van der Waals surface area contributed by atoms with Crippen LogP contribution in [0.5, 0.6) is 0 Å². The number of aliphatic hydroxyl groups is 1. The van der Waals surface area contributed by atoms with Gasteiger partial charge in [0.15, 0.2) is 0 Å². The number of carbonyl (C=O) groups is 1. The van der Waals surface area contributed by atoms with Gasteiger partial charge >= 0.3 is 6.03 Å². The fourth-order valence-electron chi connectivity index (χ4n) is 1.62. The standard InChI is InChI=1S/C13H16N4O2/c1-10(9-18)15-13(19)16-11-5-2-3-6-12(11)17-8-4-7-14-17/h2-8,10,18H,9H2,1H3,(H2,15,16,19)/t10-/m0/s1. The first kappa shape index (κ1) is 13.1. The van der Waals surface area contributed by atoms with Crippen LogP contribution < -0.4 is 10.6 Å². The average molecular weight is 260 g/mol. The second kappa shape index (κ2) is 6.01. The molecular weight excluding hydrogens is 244 g/mol. The predicted octanol–water partition coefficient (Wildman–Crippen LogP) is 1.37. The van der Waals surface area contributed by atoms with Crippen LogP contribution in [0, 0.1) is 0 Å². The number of nitrogens with zero attached hydrogens (tertiary/aromatic N) is 2. The van der Waals surface area contributed by atoms with Gasteiger partial charge in [0.1, 0.15) is 0 Å². The fraction of sp³-hybridized carbons (Fsp3) is 0.231. The first-order valence-electron chi connectivity index (χ1n) is 5.98. The largest absolute Gasteiger partial charge is 0.394 e. The van der Waals surface area contributed by atoms with Crippen LogP contribution in [0.4, 0.5) is 10.5 Å². The summed E-state index contributed by atoms with van der Waals surface area (Å²) in [7, 11) is 0. The van der Waals surface area contributed by atoms with Gasteiger partial charge in [-0.15, -0.1) is 0 Å². The van der Waals surface area contributed by atoms with Gasteiger partial charge in [-0.3, -0.25) is 0 Å². The van der Waals surface area contributed by atoms with E-state index in [-0.39, 0.29) is 18.7 Å². The summed E-state index contributed by atoms with van der Waals surface area (Å²) in [5, 5.41) is 18.4. The van der Waals surface area contributed by atoms with E-state index in [9.17, 15) is 4.79 Å². The number of hydrogen-bond acceptors (Lipinski definition) is 3. The van der Waals surface area contributed by atoms with E-state index in [2.05, 4.69) is 15.7 Å². The summed E-state index contributed by atoms with van der Waals surface area (Å²) in [5.74, 6) is 0. The van der Waals surface area contributed by atoms with Crippen LogP contribution in [0.2, 0.25) is 0 Å². The third-order valence-corrected chi connectivity index (χ3v) is 2.55. The molecule has 0 fully saturated rings. The molecule has 6 nitrogen and oxygen atoms in total. The molecule has 0 aliphatic heterocycles. The van der Waals surface area contributed by atoms with E-state index in [1.165, 1.54) is 0 Å². The van der Waals surface area contributed by atoms with Crippen molar-refractivity contribution in [1.29, 1.82) is 0 Å². The molecule has 0 spiro atoms. The molecule has 1 aromatic carbocycles. The Morgan fingerprint density at radius 1 is 1.42 bits per heavy atom. The lowest BCUT2D eigenvalue weighted by Gasteiger charge is -2.14. The van der Waals surface area contributed by atoms with Gasteiger partial charge in [0.05, 0.1) is 24.0 Å². The monoisotopic (exact) mass is 260 g/mol. The minimum Gasteiger partial charge on any atom is -0.394 e. The Kier molecular flexibility index (Phi) is 4.15. The lowest BCUT2D eigenvalue weighted by atomic mass is 10.2. The summed E-state index contributed by atoms with van der Waals surface area (Å²) >= 11 is 0. The lowest BCUT2D eigenvalue weighted by Crippen LogP contribution is -2.38. The second-order valence-corrected chi connectivity index (χ2v) is 4.15. The number of aliphatic hydroxyl groups excluding tert-OH is 1. The molecule has 1 atom stereocenters. The molecule has 100 valence electrons. The van der Waals surface area contributed by atoms with Crippen molar-refractivity contribution in [2.75, 3.05) is 11.9 Å². The maximum absolute atomic E-state index is 11.7. The highest BCUT2D eigenvalue weighted by molar-refractivity contribution is 5.91. The van der Waals surface area contributed by atoms with Crippen molar-refractivity contribution in [3.63, 3.8) is 0 Å². The maximum Gasteiger partial charge on any atom is 0.319 e. The quantitative estimate of drug-likeness (QED) is 0.777. The van der Waals surface area contributed by atoms with E-state index in [0.29, 0.717) is 5.69 Å². The number of para-hydroxylation sites is 2. The summed E-state index contributed by atoms with van der Waals surface area (Å²) in [6, 6.07) is 8.51. The predicted molar refractivity (Wildman–Crippen MR) is 72.3 cm³/mol. The van der Waals surface area contributed by atoms with Gasteiger partial charge < -0.3 is 15.7 Å². The van der Waals surface area contributed by atoms with E-state index < -0.39 is 0 Å². The number of amides is 2. The van der Waals surface area contributed by atoms with Crippen molar-refractivity contribution < 1.29 is 9.90 Å². The van der Waals surface area contributed by atoms with E-state index in [1.54, 1.807) is 30.1 Å². The van der Waals surface area contributed by atoms with Crippen molar-refractivity contribution in [1.82, 2.24) is 15.1 Å². The van der Waals surface area contributed by atoms with Gasteiger partial charge in [-0.2, -0.15) is 5.10 Å². The van der Waals surface area contributed by atoms with Gasteiger partial charge in [0, 0.05) is 12.4 Å². The molecule has 2 amide bonds. The van der Waals surface area contributed by atoms with Crippen LogP contribution >= 0.6 is 0 Å². The smallest absolute Gasteiger partial charge is 0.319 e. The molecule has 2 rings (SSSR count). The summed E-state index contributed by atoms with van der Waals surface area (Å²) in [5.41, 5.74) is 1.42. The highest BCUT2D eigenvalue weighted by Gasteiger charge is 2.09. The summed E-state index contributed by atoms with van der Waals surface area (Å²) < 4.78 is 1.67. The zero-order valence-corrected chi connectivity index (χ0v) is 10.6. The van der Waals surface area contributed by atoms with Crippen molar-refractivity contribution in [3.05, 3.63) is 42.7 Å². The third kappa shape index (κ3) is 3.32. The van der Waals surface area contributed by atoms with Crippen LogP contribution in [0.25, 0.3) is 5.69 Å². The number of nitrogens with one attached hydrogen (secondary N) is 2. The molecule has 0 aliphatic rings. The molecule has 6 heteroatoms. The van der Waals surface area contributed by atoms with Crippen LogP contribution in [0.3, 0.4) is 0 Å². The minimum atomic E-state index is -0.360. The summed E-state index contributed by atoms with van der Waals surface area (Å²) in [4.78, 5) is 11.7. The third-order valence-electron chi connectivity index (χ3n) is 2.55. The van der Waals surface area contributed by atoms with Crippen LogP contribution in [0.1, 0.15) is 6.92 Å². The van der Waals surface area contributed by atoms with Crippen LogP contribution in [-0.2, 0) is 0 Å². The molecule has 3 N–H and O–H groups in total. The zero-order valence-electron chi connectivity index (χ0n) is 10.6. The SMILES string of the molecule is C[C@@H](CO)NC(=O)Nc1ccccc1-n1cccn1. The van der Waals surface area contributed by atoms with Gasteiger partial charge in [0.25, 0.3) is 0 Å². The number of urea groups is 1. The van der Waals surface area contributed by atoms with E-state index in [0.717, 1.165) is 5.69 Å². The number of aromatic nitrogens is 2. The average Bonchev–Trinajstić information content (AvgIpc) is 2.93. The van der Waals surface area contributed by atoms with Gasteiger partial charge in [-0.1, -0.05) is 12.1 Å². The molecule has 0 bridgehead atoms. The number of benzene rings is 1. The molecule has 0 saturated heterocycles. The van der Waals surface area contributed by atoms with Crippen molar-refractivity contribution in [3.8, 4) is 5.69 Å².